The molecule has 0 saturated carbocycles. The van der Waals surface area contributed by atoms with Crippen molar-refractivity contribution in [2.45, 2.75) is 18.9 Å². The minimum Gasteiger partial charge on any atom is -0.339 e. The molecule has 90 valence electrons. The van der Waals surface area contributed by atoms with E-state index in [1.807, 2.05) is 0 Å². The normalized spacial score (nSPS) is 20.5. The van der Waals surface area contributed by atoms with Gasteiger partial charge in [-0.3, -0.25) is 19.3 Å². The van der Waals surface area contributed by atoms with Crippen molar-refractivity contribution >= 4 is 29.1 Å². The second kappa shape index (κ2) is 4.62. The molecular weight excluding hydrogens is 242 g/mol. The Kier molecular flexibility index (Phi) is 3.19. The van der Waals surface area contributed by atoms with Gasteiger partial charge in [-0.2, -0.15) is 0 Å². The monoisotopic (exact) mass is 253 g/mol. The van der Waals surface area contributed by atoms with E-state index < -0.39 is 6.04 Å². The smallest absolute Gasteiger partial charge is 0.271 e. The quantitative estimate of drug-likeness (QED) is 0.754. The average molecular weight is 253 g/mol. The fourth-order valence-electron chi connectivity index (χ4n) is 1.61. The molecule has 7 heteroatoms. The molecule has 1 saturated heterocycles. The maximum atomic E-state index is 11.7. The Bertz CT molecular complexity index is 457. The molecule has 3 amide bonds. The summed E-state index contributed by atoms with van der Waals surface area (Å²) >= 11 is 1.31. The topological polar surface area (TPSA) is 79.4 Å². The number of thiazole rings is 1. The molecule has 2 heterocycles. The highest BCUT2D eigenvalue weighted by atomic mass is 32.1. The highest BCUT2D eigenvalue weighted by Gasteiger charge is 2.32. The van der Waals surface area contributed by atoms with Crippen LogP contribution in [-0.4, -0.2) is 40.7 Å². The predicted molar refractivity (Wildman–Crippen MR) is 60.4 cm³/mol. The first-order chi connectivity index (χ1) is 8.09. The van der Waals surface area contributed by atoms with E-state index >= 15 is 0 Å². The summed E-state index contributed by atoms with van der Waals surface area (Å²) in [7, 11) is 1.42. The van der Waals surface area contributed by atoms with Crippen LogP contribution in [-0.2, 0) is 9.59 Å². The van der Waals surface area contributed by atoms with Crippen molar-refractivity contribution in [3.63, 3.8) is 0 Å². The van der Waals surface area contributed by atoms with Gasteiger partial charge in [0.25, 0.3) is 11.8 Å². The number of piperidine rings is 1. The number of carbonyl (C=O) groups is 3. The van der Waals surface area contributed by atoms with Crippen molar-refractivity contribution < 1.29 is 14.4 Å². The van der Waals surface area contributed by atoms with Gasteiger partial charge in [0.1, 0.15) is 11.7 Å². The largest absolute Gasteiger partial charge is 0.339 e. The number of nitrogens with one attached hydrogen (secondary N) is 1. The van der Waals surface area contributed by atoms with Crippen molar-refractivity contribution in [1.82, 2.24) is 15.2 Å². The Morgan fingerprint density at radius 3 is 3.00 bits per heavy atom. The second-order valence-corrected chi connectivity index (χ2v) is 4.45. The van der Waals surface area contributed by atoms with E-state index in [4.69, 9.17) is 0 Å². The number of likely N-dealkylation sites (tertiary alicyclic amines) is 1. The van der Waals surface area contributed by atoms with Crippen LogP contribution in [0.3, 0.4) is 0 Å². The van der Waals surface area contributed by atoms with Crippen LogP contribution in [0, 0.1) is 0 Å². The zero-order chi connectivity index (χ0) is 12.4. The first-order valence-corrected chi connectivity index (χ1v) is 6.03. The third-order valence-corrected chi connectivity index (χ3v) is 3.21. The molecule has 0 aliphatic carbocycles. The molecule has 2 rings (SSSR count). The molecular formula is C10H11N3O3S. The lowest BCUT2D eigenvalue weighted by molar-refractivity contribution is -0.147. The third kappa shape index (κ3) is 2.33. The molecule has 0 bridgehead atoms. The first kappa shape index (κ1) is 11.7. The lowest BCUT2D eigenvalue weighted by Crippen LogP contribution is -2.52. The number of rotatable bonds is 2. The number of carbonyl (C=O) groups excluding carboxylic acids is 3. The van der Waals surface area contributed by atoms with E-state index in [1.54, 1.807) is 10.9 Å². The number of imide groups is 1. The van der Waals surface area contributed by atoms with Crippen molar-refractivity contribution in [1.29, 1.82) is 0 Å². The van der Waals surface area contributed by atoms with Gasteiger partial charge in [-0.25, -0.2) is 4.98 Å². The molecule has 1 atom stereocenters. The van der Waals surface area contributed by atoms with Gasteiger partial charge in [-0.1, -0.05) is 0 Å². The Labute approximate surface area is 102 Å². The summed E-state index contributed by atoms with van der Waals surface area (Å²) < 4.78 is 0. The Balaban J connectivity index is 2.02. The molecule has 0 spiro atoms. The van der Waals surface area contributed by atoms with Gasteiger partial charge in [-0.15, -0.1) is 11.3 Å². The Morgan fingerprint density at radius 2 is 2.35 bits per heavy atom. The van der Waals surface area contributed by atoms with Gasteiger partial charge < -0.3 is 5.32 Å². The SMILES string of the molecule is CN1C(=O)CCC(NC(=O)c2cscn2)C1=O. The van der Waals surface area contributed by atoms with E-state index in [9.17, 15) is 14.4 Å². The van der Waals surface area contributed by atoms with Crippen LogP contribution >= 0.6 is 11.3 Å². The second-order valence-electron chi connectivity index (χ2n) is 3.73. The molecule has 1 N–H and O–H groups in total. The van der Waals surface area contributed by atoms with Crippen LogP contribution < -0.4 is 5.32 Å². The van der Waals surface area contributed by atoms with Gasteiger partial charge in [0, 0.05) is 18.8 Å². The summed E-state index contributed by atoms with van der Waals surface area (Å²) in [5.74, 6) is -0.966. The van der Waals surface area contributed by atoms with Crippen LogP contribution in [0.2, 0.25) is 0 Å². The Morgan fingerprint density at radius 1 is 1.59 bits per heavy atom. The van der Waals surface area contributed by atoms with Gasteiger partial charge in [-0.05, 0) is 6.42 Å². The van der Waals surface area contributed by atoms with Crippen LogP contribution in [0.25, 0.3) is 0 Å². The molecule has 1 aliphatic heterocycles. The van der Waals surface area contributed by atoms with Crippen molar-refractivity contribution in [3.05, 3.63) is 16.6 Å². The maximum Gasteiger partial charge on any atom is 0.271 e. The van der Waals surface area contributed by atoms with Crippen LogP contribution in [0.4, 0.5) is 0 Å². The fraction of sp³-hybridized carbons (Fsp3) is 0.400. The number of aromatic nitrogens is 1. The zero-order valence-corrected chi connectivity index (χ0v) is 9.99. The average Bonchev–Trinajstić information content (AvgIpc) is 2.83. The summed E-state index contributed by atoms with van der Waals surface area (Å²) in [6.45, 7) is 0. The van der Waals surface area contributed by atoms with E-state index in [2.05, 4.69) is 10.3 Å². The van der Waals surface area contributed by atoms with Gasteiger partial charge >= 0.3 is 0 Å². The number of nitrogens with zero attached hydrogens (tertiary/aromatic N) is 2. The van der Waals surface area contributed by atoms with Crippen LogP contribution in [0.1, 0.15) is 23.3 Å². The summed E-state index contributed by atoms with van der Waals surface area (Å²) in [5.41, 5.74) is 1.84. The fourth-order valence-corrected chi connectivity index (χ4v) is 2.14. The lowest BCUT2D eigenvalue weighted by atomic mass is 10.0. The standard InChI is InChI=1S/C10H11N3O3S/c1-13-8(14)3-2-6(10(13)16)12-9(15)7-4-17-5-11-7/h4-6H,2-3H2,1H3,(H,12,15). The minimum absolute atomic E-state index is 0.214. The van der Waals surface area contributed by atoms with Crippen molar-refractivity contribution in [3.8, 4) is 0 Å². The van der Waals surface area contributed by atoms with E-state index in [0.29, 0.717) is 12.1 Å². The molecule has 1 aromatic heterocycles. The molecule has 1 fully saturated rings. The van der Waals surface area contributed by atoms with Gasteiger partial charge in [0.05, 0.1) is 5.51 Å². The predicted octanol–water partition coefficient (Wildman–Crippen LogP) is 0.0203. The van der Waals surface area contributed by atoms with Crippen LogP contribution in [0.5, 0.6) is 0 Å². The zero-order valence-electron chi connectivity index (χ0n) is 9.17. The molecule has 0 radical (unpaired) electrons. The Hall–Kier alpha value is -1.76. The molecule has 17 heavy (non-hydrogen) atoms. The van der Waals surface area contributed by atoms with Crippen LogP contribution in [0.15, 0.2) is 10.9 Å². The van der Waals surface area contributed by atoms with Gasteiger partial charge in [0.15, 0.2) is 0 Å². The third-order valence-electron chi connectivity index (χ3n) is 2.62. The number of amides is 3. The summed E-state index contributed by atoms with van der Waals surface area (Å²) in [6.07, 6.45) is 0.613. The summed E-state index contributed by atoms with van der Waals surface area (Å²) in [6, 6.07) is -0.633. The molecule has 1 aliphatic rings. The van der Waals surface area contributed by atoms with Crippen molar-refractivity contribution in [2.24, 2.45) is 0 Å². The molecule has 6 nitrogen and oxygen atoms in total. The van der Waals surface area contributed by atoms with Gasteiger partial charge in [0.2, 0.25) is 5.91 Å². The number of hydrogen-bond donors (Lipinski definition) is 1. The van der Waals surface area contributed by atoms with Crippen molar-refractivity contribution in [2.75, 3.05) is 7.05 Å². The molecule has 1 aromatic rings. The first-order valence-electron chi connectivity index (χ1n) is 5.09. The molecule has 1 unspecified atom stereocenters. The number of hydrogen-bond acceptors (Lipinski definition) is 5. The van der Waals surface area contributed by atoms with E-state index in [1.165, 1.54) is 18.4 Å². The number of likely N-dealkylation sites (N-methyl/N-ethyl adjacent to an activating group) is 1. The lowest BCUT2D eigenvalue weighted by Gasteiger charge is -2.27. The summed E-state index contributed by atoms with van der Waals surface area (Å²) in [5, 5.41) is 4.19. The summed E-state index contributed by atoms with van der Waals surface area (Å²) in [4.78, 5) is 39.6. The van der Waals surface area contributed by atoms with E-state index in [0.717, 1.165) is 4.90 Å². The highest BCUT2D eigenvalue weighted by molar-refractivity contribution is 7.07. The van der Waals surface area contributed by atoms with E-state index in [-0.39, 0.29) is 24.1 Å². The highest BCUT2D eigenvalue weighted by Crippen LogP contribution is 2.12. The maximum absolute atomic E-state index is 11.7. The molecule has 0 aromatic carbocycles. The minimum atomic E-state index is -0.633.